The van der Waals surface area contributed by atoms with Crippen molar-refractivity contribution in [2.24, 2.45) is 17.8 Å². The van der Waals surface area contributed by atoms with Gasteiger partial charge in [0, 0.05) is 59.5 Å². The second-order valence-electron chi connectivity index (χ2n) is 19.7. The number of carbonyl (C=O) groups is 4. The number of nitrogens with one attached hydrogen (secondary N) is 4. The standard InChI is InChI=1S/C54H54F2N8O7S/c1-29-6-17-43(63-52(68)53(18-19-53)37-12-16-41-42(25-37)71-54(55,56)70-41)62-46(29)33-4-3-5-34(22-33)48(65)58-20-21-69-28-59-49(66)44-35-8-9-36(44)27-64(26-35)39-14-11-31-23-38(13-10-32(31)24-39)61-50(67)47-45(57)40-15-7-30(2)60-51(40)72-47/h3-7,11-12,14-17,22,24-25,35-36,38,44H,8-10,13,18-21,23,26-28,57H2,1-2H3,(H,58,65)(H,59,66)(H,61,67)(H,62,63,68). The van der Waals surface area contributed by atoms with Crippen LogP contribution in [0.3, 0.4) is 0 Å². The summed E-state index contributed by atoms with van der Waals surface area (Å²) >= 11 is 1.34. The molecule has 3 aromatic heterocycles. The summed E-state index contributed by atoms with van der Waals surface area (Å²) < 4.78 is 42.2. The van der Waals surface area contributed by atoms with Crippen molar-refractivity contribution < 1.29 is 42.2 Å². The first-order valence-electron chi connectivity index (χ1n) is 24.5. The lowest BCUT2D eigenvalue weighted by atomic mass is 9.83. The summed E-state index contributed by atoms with van der Waals surface area (Å²) in [6, 6.07) is 25.5. The van der Waals surface area contributed by atoms with E-state index in [1.807, 2.05) is 38.1 Å². The number of ether oxygens (including phenoxy) is 3. The maximum Gasteiger partial charge on any atom is 0.586 e. The predicted octanol–water partition coefficient (Wildman–Crippen LogP) is 7.82. The molecule has 3 fully saturated rings. The van der Waals surface area contributed by atoms with Gasteiger partial charge in [0.25, 0.3) is 11.8 Å². The number of nitrogen functional groups attached to an aromatic ring is 1. The van der Waals surface area contributed by atoms with E-state index in [2.05, 4.69) is 58.8 Å². The molecule has 0 radical (unpaired) electrons. The number of pyridine rings is 2. The Balaban J connectivity index is 0.622. The lowest BCUT2D eigenvalue weighted by Crippen LogP contribution is -2.48. The van der Waals surface area contributed by atoms with Crippen LogP contribution >= 0.6 is 11.3 Å². The van der Waals surface area contributed by atoms with Crippen molar-refractivity contribution in [3.05, 3.63) is 123 Å². The monoisotopic (exact) mass is 996 g/mol. The van der Waals surface area contributed by atoms with E-state index in [0.29, 0.717) is 51.6 Å². The number of fused-ring (bicyclic) bond motifs is 5. The fourth-order valence-electron chi connectivity index (χ4n) is 11.0. The van der Waals surface area contributed by atoms with Crippen molar-refractivity contribution >= 4 is 62.4 Å². The molecule has 11 rings (SSSR count). The zero-order valence-electron chi connectivity index (χ0n) is 39.8. The summed E-state index contributed by atoms with van der Waals surface area (Å²) in [6.45, 7) is 5.89. The van der Waals surface area contributed by atoms with Gasteiger partial charge < -0.3 is 46.1 Å². The number of carbonyl (C=O) groups excluding carboxylic acids is 4. The number of rotatable bonds is 14. The van der Waals surface area contributed by atoms with Crippen LogP contribution in [0.2, 0.25) is 0 Å². The number of anilines is 3. The van der Waals surface area contributed by atoms with E-state index < -0.39 is 11.7 Å². The first-order valence-corrected chi connectivity index (χ1v) is 25.3. The summed E-state index contributed by atoms with van der Waals surface area (Å²) in [5, 5.41) is 12.8. The van der Waals surface area contributed by atoms with Crippen LogP contribution in [0.15, 0.2) is 84.9 Å². The minimum Gasteiger partial charge on any atom is -0.397 e. The maximum absolute atomic E-state index is 13.6. The Morgan fingerprint density at radius 1 is 0.861 bits per heavy atom. The molecule has 372 valence electrons. The molecule has 6 N–H and O–H groups in total. The molecule has 4 amide bonds. The van der Waals surface area contributed by atoms with E-state index in [4.69, 9.17) is 15.5 Å². The van der Waals surface area contributed by atoms with Crippen LogP contribution in [0.25, 0.3) is 21.5 Å². The number of benzene rings is 3. The van der Waals surface area contributed by atoms with Gasteiger partial charge in [-0.1, -0.05) is 30.3 Å². The fourth-order valence-corrected chi connectivity index (χ4v) is 12.1. The Labute approximate surface area is 418 Å². The Hall–Kier alpha value is -7.18. The smallest absolute Gasteiger partial charge is 0.397 e. The van der Waals surface area contributed by atoms with E-state index >= 15 is 0 Å². The fraction of sp³-hybridized carbons (Fsp3) is 0.370. The molecule has 5 heterocycles. The van der Waals surface area contributed by atoms with Gasteiger partial charge in [-0.25, -0.2) is 9.97 Å². The molecule has 2 saturated carbocycles. The van der Waals surface area contributed by atoms with E-state index in [-0.39, 0.29) is 78.8 Å². The second-order valence-corrected chi connectivity index (χ2v) is 20.7. The molecule has 1 saturated heterocycles. The zero-order chi connectivity index (χ0) is 49.9. The number of hydrogen-bond acceptors (Lipinski definition) is 12. The molecular weight excluding hydrogens is 943 g/mol. The molecule has 3 aliphatic carbocycles. The van der Waals surface area contributed by atoms with Gasteiger partial charge in [-0.2, -0.15) is 0 Å². The molecule has 18 heteroatoms. The van der Waals surface area contributed by atoms with Gasteiger partial charge in [-0.3, -0.25) is 19.2 Å². The Morgan fingerprint density at radius 2 is 1.67 bits per heavy atom. The van der Waals surface area contributed by atoms with Gasteiger partial charge in [0.05, 0.1) is 23.4 Å². The normalized spacial score (nSPS) is 20.9. The van der Waals surface area contributed by atoms with E-state index in [0.717, 1.165) is 66.7 Å². The number of alkyl halides is 2. The van der Waals surface area contributed by atoms with Gasteiger partial charge in [-0.05, 0) is 147 Å². The number of aryl methyl sites for hydroxylation is 3. The number of piperidine rings is 1. The molecule has 3 unspecified atom stereocenters. The summed E-state index contributed by atoms with van der Waals surface area (Å²) in [5.41, 5.74) is 13.6. The Bertz CT molecular complexity index is 3150. The van der Waals surface area contributed by atoms with E-state index in [9.17, 15) is 28.0 Å². The number of nitrogens with two attached hydrogens (primary N) is 1. The van der Waals surface area contributed by atoms with Crippen LogP contribution in [-0.4, -0.2) is 78.9 Å². The molecule has 0 spiro atoms. The molecule has 2 aliphatic heterocycles. The SMILES string of the molecule is Cc1ccc2c(N)c(C(=O)NC3CCc4cc(N5CC6CCC(C5)C6C(=O)NCOCCNC(=O)c5cccc(-c6nc(NC(=O)C7(c8ccc9c(c8)OC(F)(F)O9)CC7)ccc6C)c5)ccc4C3)sc2n1. The highest BCUT2D eigenvalue weighted by Gasteiger charge is 2.53. The molecule has 15 nitrogen and oxygen atoms in total. The maximum atomic E-state index is 13.6. The topological polar surface area (TPSA) is 199 Å². The van der Waals surface area contributed by atoms with E-state index in [1.54, 1.807) is 30.3 Å². The highest BCUT2D eigenvalue weighted by molar-refractivity contribution is 7.21. The predicted molar refractivity (Wildman–Crippen MR) is 268 cm³/mol. The lowest BCUT2D eigenvalue weighted by molar-refractivity contribution is -0.286. The largest absolute Gasteiger partial charge is 0.586 e. The second kappa shape index (κ2) is 18.8. The molecular formula is C54H54F2N8O7S. The third-order valence-electron chi connectivity index (χ3n) is 15.0. The zero-order valence-corrected chi connectivity index (χ0v) is 40.6. The van der Waals surface area contributed by atoms with Crippen molar-refractivity contribution in [1.29, 1.82) is 0 Å². The highest BCUT2D eigenvalue weighted by Crippen LogP contribution is 2.52. The summed E-state index contributed by atoms with van der Waals surface area (Å²) in [4.78, 5) is 66.7. The van der Waals surface area contributed by atoms with Crippen molar-refractivity contribution in [1.82, 2.24) is 25.9 Å². The summed E-state index contributed by atoms with van der Waals surface area (Å²) in [5.74, 6) is -0.261. The van der Waals surface area contributed by atoms with Crippen LogP contribution in [0.4, 0.5) is 26.0 Å². The number of nitrogens with zero attached hydrogens (tertiary/aromatic N) is 3. The quantitative estimate of drug-likeness (QED) is 0.0527. The molecule has 5 aliphatic rings. The van der Waals surface area contributed by atoms with Gasteiger partial charge in [-0.15, -0.1) is 20.1 Å². The van der Waals surface area contributed by atoms with Gasteiger partial charge >= 0.3 is 6.29 Å². The minimum atomic E-state index is -3.75. The third-order valence-corrected chi connectivity index (χ3v) is 16.1. The first kappa shape index (κ1) is 47.2. The number of thiophene rings is 1. The van der Waals surface area contributed by atoms with E-state index in [1.165, 1.54) is 40.3 Å². The van der Waals surface area contributed by atoms with Crippen molar-refractivity contribution in [2.75, 3.05) is 48.9 Å². The highest BCUT2D eigenvalue weighted by atomic mass is 32.1. The molecule has 6 aromatic rings. The number of amides is 4. The van der Waals surface area contributed by atoms with Crippen LogP contribution < -0.4 is 41.4 Å². The van der Waals surface area contributed by atoms with Gasteiger partial charge in [0.15, 0.2) is 11.5 Å². The van der Waals surface area contributed by atoms with Crippen molar-refractivity contribution in [3.63, 3.8) is 0 Å². The lowest BCUT2D eigenvalue weighted by Gasteiger charge is -2.39. The van der Waals surface area contributed by atoms with Crippen LogP contribution in [-0.2, 0) is 32.6 Å². The van der Waals surface area contributed by atoms with Crippen molar-refractivity contribution in [2.45, 2.75) is 76.5 Å². The Kier molecular flexibility index (Phi) is 12.3. The number of aromatic nitrogens is 2. The van der Waals surface area contributed by atoms with Crippen LogP contribution in [0.5, 0.6) is 11.5 Å². The molecule has 72 heavy (non-hydrogen) atoms. The average Bonchev–Trinajstić information content (AvgIpc) is 3.95. The first-order chi connectivity index (χ1) is 34.7. The Morgan fingerprint density at radius 3 is 2.47 bits per heavy atom. The molecule has 3 aromatic carbocycles. The minimum absolute atomic E-state index is 0.00398. The van der Waals surface area contributed by atoms with Crippen molar-refractivity contribution in [3.8, 4) is 22.8 Å². The average molecular weight is 997 g/mol. The molecule has 3 atom stereocenters. The third kappa shape index (κ3) is 9.28. The number of halogens is 2. The summed E-state index contributed by atoms with van der Waals surface area (Å²) in [6.07, 6.45) is 1.76. The number of hydrogen-bond donors (Lipinski definition) is 5. The van der Waals surface area contributed by atoms with Crippen LogP contribution in [0.1, 0.15) is 80.1 Å². The summed E-state index contributed by atoms with van der Waals surface area (Å²) in [7, 11) is 0. The van der Waals surface area contributed by atoms with Gasteiger partial charge in [0.2, 0.25) is 11.8 Å². The van der Waals surface area contributed by atoms with Gasteiger partial charge in [0.1, 0.15) is 22.3 Å². The van der Waals surface area contributed by atoms with Crippen LogP contribution in [0, 0.1) is 31.6 Å². The molecule has 2 bridgehead atoms.